The van der Waals surface area contributed by atoms with Crippen LogP contribution in [-0.4, -0.2) is 43.8 Å². The first-order valence-electron chi connectivity index (χ1n) is 13.0. The van der Waals surface area contributed by atoms with E-state index in [0.29, 0.717) is 16.3 Å². The van der Waals surface area contributed by atoms with E-state index in [1.807, 2.05) is 45.0 Å². The number of amides is 2. The molecule has 3 aromatic carbocycles. The number of benzene rings is 3. The molecule has 40 heavy (non-hydrogen) atoms. The van der Waals surface area contributed by atoms with Gasteiger partial charge in [0.15, 0.2) is 0 Å². The molecule has 0 aliphatic rings. The molecule has 3 aromatic rings. The third-order valence-electron chi connectivity index (χ3n) is 6.81. The molecule has 0 aliphatic carbocycles. The quantitative estimate of drug-likeness (QED) is 0.267. The minimum Gasteiger partial charge on any atom is -0.352 e. The van der Waals surface area contributed by atoms with E-state index < -0.39 is 28.5 Å². The zero-order valence-corrected chi connectivity index (χ0v) is 26.5. The molecule has 0 radical (unpaired) electrons. The van der Waals surface area contributed by atoms with Crippen LogP contribution in [0.4, 0.5) is 5.69 Å². The average molecular weight is 649 g/mol. The first kappa shape index (κ1) is 31.6. The van der Waals surface area contributed by atoms with E-state index in [2.05, 4.69) is 21.2 Å². The maximum Gasteiger partial charge on any atom is 0.264 e. The summed E-state index contributed by atoms with van der Waals surface area (Å²) in [5.41, 5.74) is 2.51. The predicted molar refractivity (Wildman–Crippen MR) is 164 cm³/mol. The number of carbonyl (C=O) groups is 2. The van der Waals surface area contributed by atoms with Gasteiger partial charge in [0.2, 0.25) is 11.8 Å². The third-order valence-corrected chi connectivity index (χ3v) is 9.48. The van der Waals surface area contributed by atoms with Crippen LogP contribution in [0.3, 0.4) is 0 Å². The minimum absolute atomic E-state index is 0.0476. The first-order chi connectivity index (χ1) is 18.8. The van der Waals surface area contributed by atoms with Gasteiger partial charge in [0.1, 0.15) is 12.6 Å². The van der Waals surface area contributed by atoms with Crippen LogP contribution in [0.1, 0.15) is 43.9 Å². The standard InChI is InChI=1S/C30H35BrClN3O4S/c1-6-21(3)33-30(37)23(5)34(18-24-9-7-10-25(31)17-24)29(36)19-35(28-12-8-11-27(32)22(28)4)40(38,39)26-15-13-20(2)14-16-26/h7-17,21,23H,6,18-19H2,1-5H3,(H,33,37). The molecule has 0 saturated heterocycles. The van der Waals surface area contributed by atoms with Crippen molar-refractivity contribution in [3.8, 4) is 0 Å². The lowest BCUT2D eigenvalue weighted by molar-refractivity contribution is -0.139. The van der Waals surface area contributed by atoms with Crippen LogP contribution >= 0.6 is 27.5 Å². The second kappa shape index (κ2) is 13.7. The molecule has 2 unspecified atom stereocenters. The Morgan fingerprint density at radius 1 is 1.00 bits per heavy atom. The number of halogens is 2. The largest absolute Gasteiger partial charge is 0.352 e. The maximum atomic E-state index is 14.0. The zero-order chi connectivity index (χ0) is 29.6. The number of rotatable bonds is 11. The number of nitrogens with one attached hydrogen (secondary N) is 1. The van der Waals surface area contributed by atoms with E-state index in [-0.39, 0.29) is 23.4 Å². The molecule has 2 atom stereocenters. The summed E-state index contributed by atoms with van der Waals surface area (Å²) >= 11 is 9.83. The van der Waals surface area contributed by atoms with Crippen LogP contribution in [0.15, 0.2) is 76.1 Å². The lowest BCUT2D eigenvalue weighted by atomic mass is 10.1. The van der Waals surface area contributed by atoms with Crippen molar-refractivity contribution in [1.82, 2.24) is 10.2 Å². The van der Waals surface area contributed by atoms with Gasteiger partial charge in [-0.2, -0.15) is 0 Å². The molecule has 0 aliphatic heterocycles. The Kier molecular flexibility index (Phi) is 10.8. The molecule has 1 N–H and O–H groups in total. The van der Waals surface area contributed by atoms with Gasteiger partial charge in [-0.1, -0.05) is 70.3 Å². The third kappa shape index (κ3) is 7.65. The molecule has 3 rings (SSSR count). The highest BCUT2D eigenvalue weighted by Gasteiger charge is 2.33. The zero-order valence-electron chi connectivity index (χ0n) is 23.3. The lowest BCUT2D eigenvalue weighted by Gasteiger charge is -2.33. The molecular weight excluding hydrogens is 614 g/mol. The molecule has 0 heterocycles. The van der Waals surface area contributed by atoms with Crippen molar-refractivity contribution >= 4 is 55.1 Å². The van der Waals surface area contributed by atoms with Gasteiger partial charge in [-0.25, -0.2) is 8.42 Å². The number of hydrogen-bond donors (Lipinski definition) is 1. The summed E-state index contributed by atoms with van der Waals surface area (Å²) in [6.07, 6.45) is 0.731. The summed E-state index contributed by atoms with van der Waals surface area (Å²) < 4.78 is 29.9. The number of hydrogen-bond acceptors (Lipinski definition) is 4. The Morgan fingerprint density at radius 3 is 2.27 bits per heavy atom. The fraction of sp³-hybridized carbons (Fsp3) is 0.333. The highest BCUT2D eigenvalue weighted by atomic mass is 79.9. The van der Waals surface area contributed by atoms with Gasteiger partial charge >= 0.3 is 0 Å². The van der Waals surface area contributed by atoms with Gasteiger partial charge in [-0.15, -0.1) is 0 Å². The van der Waals surface area contributed by atoms with E-state index in [1.165, 1.54) is 17.0 Å². The minimum atomic E-state index is -4.17. The summed E-state index contributed by atoms with van der Waals surface area (Å²) in [5, 5.41) is 3.31. The number of anilines is 1. The van der Waals surface area contributed by atoms with E-state index in [1.54, 1.807) is 44.2 Å². The van der Waals surface area contributed by atoms with Crippen molar-refractivity contribution in [2.24, 2.45) is 0 Å². The van der Waals surface area contributed by atoms with Gasteiger partial charge in [0.05, 0.1) is 10.6 Å². The van der Waals surface area contributed by atoms with Gasteiger partial charge in [-0.3, -0.25) is 13.9 Å². The monoisotopic (exact) mass is 647 g/mol. The van der Waals surface area contributed by atoms with Crippen LogP contribution in [0.5, 0.6) is 0 Å². The summed E-state index contributed by atoms with van der Waals surface area (Å²) in [6, 6.07) is 17.9. The van der Waals surface area contributed by atoms with Crippen molar-refractivity contribution in [3.05, 3.63) is 92.9 Å². The maximum absolute atomic E-state index is 14.0. The Hall–Kier alpha value is -2.88. The number of carbonyl (C=O) groups excluding carboxylic acids is 2. The van der Waals surface area contributed by atoms with Crippen LogP contribution in [0.2, 0.25) is 5.02 Å². The fourth-order valence-corrected chi connectivity index (χ4v) is 6.19. The Bertz CT molecular complexity index is 1460. The van der Waals surface area contributed by atoms with Crippen molar-refractivity contribution in [3.63, 3.8) is 0 Å². The molecular formula is C30H35BrClN3O4S. The second-order valence-electron chi connectivity index (χ2n) is 9.85. The van der Waals surface area contributed by atoms with E-state index >= 15 is 0 Å². The summed E-state index contributed by atoms with van der Waals surface area (Å²) in [7, 11) is -4.17. The highest BCUT2D eigenvalue weighted by molar-refractivity contribution is 9.10. The van der Waals surface area contributed by atoms with E-state index in [0.717, 1.165) is 26.3 Å². The Labute approximate surface area is 250 Å². The molecule has 0 fully saturated rings. The molecule has 0 bridgehead atoms. The van der Waals surface area contributed by atoms with Crippen LogP contribution in [-0.2, 0) is 26.2 Å². The molecule has 0 aromatic heterocycles. The van der Waals surface area contributed by atoms with Crippen molar-refractivity contribution in [1.29, 1.82) is 0 Å². The van der Waals surface area contributed by atoms with Crippen LogP contribution < -0.4 is 9.62 Å². The van der Waals surface area contributed by atoms with E-state index in [9.17, 15) is 18.0 Å². The molecule has 0 spiro atoms. The lowest BCUT2D eigenvalue weighted by Crippen LogP contribution is -2.52. The molecule has 214 valence electrons. The van der Waals surface area contributed by atoms with Crippen molar-refractivity contribution in [2.45, 2.75) is 64.6 Å². The molecule has 0 saturated carbocycles. The van der Waals surface area contributed by atoms with Crippen LogP contribution in [0.25, 0.3) is 0 Å². The number of nitrogens with zero attached hydrogens (tertiary/aromatic N) is 2. The van der Waals surface area contributed by atoms with Crippen molar-refractivity contribution in [2.75, 3.05) is 10.8 Å². The second-order valence-corrected chi connectivity index (χ2v) is 13.0. The number of sulfonamides is 1. The normalized spacial score (nSPS) is 12.9. The summed E-state index contributed by atoms with van der Waals surface area (Å²) in [6.45, 7) is 8.67. The topological polar surface area (TPSA) is 86.8 Å². The first-order valence-corrected chi connectivity index (χ1v) is 15.6. The van der Waals surface area contributed by atoms with Gasteiger partial charge < -0.3 is 10.2 Å². The number of aryl methyl sites for hydroxylation is 1. The summed E-state index contributed by atoms with van der Waals surface area (Å²) in [5.74, 6) is -0.841. The SMILES string of the molecule is CCC(C)NC(=O)C(C)N(Cc1cccc(Br)c1)C(=O)CN(c1cccc(Cl)c1C)S(=O)(=O)c1ccc(C)cc1. The average Bonchev–Trinajstić information content (AvgIpc) is 2.91. The van der Waals surface area contributed by atoms with Gasteiger partial charge in [0, 0.05) is 22.1 Å². The van der Waals surface area contributed by atoms with Crippen LogP contribution in [0, 0.1) is 13.8 Å². The van der Waals surface area contributed by atoms with E-state index in [4.69, 9.17) is 11.6 Å². The van der Waals surface area contributed by atoms with Gasteiger partial charge in [0.25, 0.3) is 10.0 Å². The Morgan fingerprint density at radius 2 is 1.65 bits per heavy atom. The Balaban J connectivity index is 2.07. The van der Waals surface area contributed by atoms with Gasteiger partial charge in [-0.05, 0) is 81.6 Å². The fourth-order valence-electron chi connectivity index (χ4n) is 4.10. The predicted octanol–water partition coefficient (Wildman–Crippen LogP) is 6.25. The summed E-state index contributed by atoms with van der Waals surface area (Å²) in [4.78, 5) is 28.7. The highest BCUT2D eigenvalue weighted by Crippen LogP contribution is 2.31. The van der Waals surface area contributed by atoms with Crippen molar-refractivity contribution < 1.29 is 18.0 Å². The smallest absolute Gasteiger partial charge is 0.264 e. The molecule has 7 nitrogen and oxygen atoms in total. The molecule has 2 amide bonds. The molecule has 10 heteroatoms.